The van der Waals surface area contributed by atoms with Crippen LogP contribution in [0.5, 0.6) is 5.75 Å². The molecule has 0 bridgehead atoms. The van der Waals surface area contributed by atoms with Crippen LogP contribution in [0.4, 0.5) is 0 Å². The highest BCUT2D eigenvalue weighted by molar-refractivity contribution is 5.97. The Morgan fingerprint density at radius 1 is 1.24 bits per heavy atom. The molecule has 1 saturated carbocycles. The molecule has 2 aliphatic rings. The molecule has 1 N–H and O–H groups in total. The van der Waals surface area contributed by atoms with E-state index >= 15 is 0 Å². The van der Waals surface area contributed by atoms with Crippen molar-refractivity contribution < 1.29 is 19.4 Å². The van der Waals surface area contributed by atoms with Crippen LogP contribution < -0.4 is 4.74 Å². The van der Waals surface area contributed by atoms with Crippen LogP contribution in [0.2, 0.25) is 0 Å². The number of likely N-dealkylation sites (tertiary alicyclic amines) is 1. The molecular weight excluding hydrogens is 370 g/mol. The molecule has 2 aromatic rings. The van der Waals surface area contributed by atoms with Crippen LogP contribution in [-0.4, -0.2) is 50.9 Å². The van der Waals surface area contributed by atoms with Gasteiger partial charge in [-0.25, -0.2) is 9.48 Å². The average Bonchev–Trinajstić information content (AvgIpc) is 3.40. The summed E-state index contributed by atoms with van der Waals surface area (Å²) in [7, 11) is 0. The van der Waals surface area contributed by atoms with Crippen LogP contribution in [0.3, 0.4) is 0 Å². The zero-order valence-electron chi connectivity index (χ0n) is 16.8. The van der Waals surface area contributed by atoms with Crippen LogP contribution in [0.15, 0.2) is 36.5 Å². The number of carboxylic acid groups (broad SMARTS) is 1. The first kappa shape index (κ1) is 19.5. The smallest absolute Gasteiger partial charge is 0.326 e. The maximum Gasteiger partial charge on any atom is 0.326 e. The number of aliphatic carboxylic acids is 1. The van der Waals surface area contributed by atoms with Crippen molar-refractivity contribution in [2.75, 3.05) is 13.2 Å². The summed E-state index contributed by atoms with van der Waals surface area (Å²) in [5.41, 5.74) is 0.995. The van der Waals surface area contributed by atoms with Crippen LogP contribution in [0, 0.1) is 17.8 Å². The highest BCUT2D eigenvalue weighted by atomic mass is 16.5. The zero-order valence-corrected chi connectivity index (χ0v) is 16.8. The molecule has 1 aliphatic carbocycles. The second-order valence-electron chi connectivity index (χ2n) is 8.42. The predicted octanol–water partition coefficient (Wildman–Crippen LogP) is 3.23. The Morgan fingerprint density at radius 2 is 2.00 bits per heavy atom. The van der Waals surface area contributed by atoms with Gasteiger partial charge in [0, 0.05) is 6.54 Å². The molecule has 7 heteroatoms. The number of carbonyl (C=O) groups is 2. The van der Waals surface area contributed by atoms with Gasteiger partial charge >= 0.3 is 5.97 Å². The molecule has 3 unspecified atom stereocenters. The Hall–Kier alpha value is -2.83. The van der Waals surface area contributed by atoms with Crippen molar-refractivity contribution in [3.05, 3.63) is 42.2 Å². The topological polar surface area (TPSA) is 84.7 Å². The Kier molecular flexibility index (Phi) is 5.30. The molecule has 3 atom stereocenters. The number of benzene rings is 1. The van der Waals surface area contributed by atoms with E-state index in [4.69, 9.17) is 4.74 Å². The van der Waals surface area contributed by atoms with E-state index in [0.29, 0.717) is 18.9 Å². The molecule has 154 valence electrons. The third-order valence-electron chi connectivity index (χ3n) is 5.88. The Bertz CT molecular complexity index is 893. The molecule has 0 spiro atoms. The molecule has 2 fully saturated rings. The van der Waals surface area contributed by atoms with Crippen molar-refractivity contribution in [3.8, 4) is 11.4 Å². The number of aromatic nitrogens is 2. The van der Waals surface area contributed by atoms with Gasteiger partial charge < -0.3 is 14.7 Å². The van der Waals surface area contributed by atoms with E-state index in [0.717, 1.165) is 24.9 Å². The van der Waals surface area contributed by atoms with Gasteiger partial charge in [-0.3, -0.25) is 4.79 Å². The molecule has 1 amide bonds. The van der Waals surface area contributed by atoms with Crippen molar-refractivity contribution in [1.82, 2.24) is 14.7 Å². The molecule has 2 heterocycles. The monoisotopic (exact) mass is 397 g/mol. The van der Waals surface area contributed by atoms with E-state index in [-0.39, 0.29) is 29.4 Å². The summed E-state index contributed by atoms with van der Waals surface area (Å²) in [6.07, 6.45) is 4.58. The third-order valence-corrected chi connectivity index (χ3v) is 5.88. The molecule has 1 saturated heterocycles. The van der Waals surface area contributed by atoms with Crippen molar-refractivity contribution in [3.63, 3.8) is 0 Å². The number of fused-ring (bicyclic) bond motifs is 1. The summed E-state index contributed by atoms with van der Waals surface area (Å²) >= 11 is 0. The molecule has 7 nitrogen and oxygen atoms in total. The van der Waals surface area contributed by atoms with Gasteiger partial charge in [-0.05, 0) is 42.7 Å². The van der Waals surface area contributed by atoms with Gasteiger partial charge in [-0.15, -0.1) is 0 Å². The fraction of sp³-hybridized carbons (Fsp3) is 0.500. The van der Waals surface area contributed by atoms with Gasteiger partial charge in [0.2, 0.25) is 0 Å². The van der Waals surface area contributed by atoms with Gasteiger partial charge in [0.05, 0.1) is 18.5 Å². The van der Waals surface area contributed by atoms with Crippen LogP contribution in [0.25, 0.3) is 5.69 Å². The van der Waals surface area contributed by atoms with E-state index in [1.54, 1.807) is 10.9 Å². The lowest BCUT2D eigenvalue weighted by Crippen LogP contribution is -2.43. The summed E-state index contributed by atoms with van der Waals surface area (Å²) in [4.78, 5) is 26.9. The van der Waals surface area contributed by atoms with Gasteiger partial charge in [-0.2, -0.15) is 5.10 Å². The van der Waals surface area contributed by atoms with Crippen molar-refractivity contribution in [2.24, 2.45) is 17.8 Å². The second kappa shape index (κ2) is 7.89. The normalized spacial score (nSPS) is 23.4. The predicted molar refractivity (Wildman–Crippen MR) is 107 cm³/mol. The molecule has 1 aromatic carbocycles. The van der Waals surface area contributed by atoms with Crippen molar-refractivity contribution >= 4 is 11.9 Å². The quantitative estimate of drug-likeness (QED) is 0.809. The van der Waals surface area contributed by atoms with E-state index in [2.05, 4.69) is 5.10 Å². The van der Waals surface area contributed by atoms with E-state index in [9.17, 15) is 14.7 Å². The summed E-state index contributed by atoms with van der Waals surface area (Å²) in [5.74, 6) is -0.311. The number of carboxylic acids is 1. The lowest BCUT2D eigenvalue weighted by atomic mass is 9.94. The first-order valence-corrected chi connectivity index (χ1v) is 10.3. The molecule has 0 radical (unpaired) electrons. The van der Waals surface area contributed by atoms with Crippen LogP contribution in [0.1, 0.15) is 43.6 Å². The number of ether oxygens (including phenoxy) is 1. The minimum Gasteiger partial charge on any atom is -0.489 e. The first-order chi connectivity index (χ1) is 14.0. The highest BCUT2D eigenvalue weighted by Gasteiger charge is 2.50. The van der Waals surface area contributed by atoms with Gasteiger partial charge in [0.1, 0.15) is 6.04 Å². The van der Waals surface area contributed by atoms with E-state index in [1.165, 1.54) is 4.90 Å². The molecular formula is C22H27N3O4. The molecule has 4 rings (SSSR count). The molecule has 1 aliphatic heterocycles. The first-order valence-electron chi connectivity index (χ1n) is 10.3. The maximum absolute atomic E-state index is 13.4. The Labute approximate surface area is 170 Å². The number of nitrogens with zero attached hydrogens (tertiary/aromatic N) is 3. The van der Waals surface area contributed by atoms with Crippen LogP contribution in [-0.2, 0) is 4.79 Å². The van der Waals surface area contributed by atoms with Crippen molar-refractivity contribution in [1.29, 1.82) is 0 Å². The number of para-hydroxylation sites is 1. The molecule has 29 heavy (non-hydrogen) atoms. The minimum absolute atomic E-state index is 0.0349. The minimum atomic E-state index is -0.931. The fourth-order valence-electron chi connectivity index (χ4n) is 4.55. The Balaban J connectivity index is 1.67. The second-order valence-corrected chi connectivity index (χ2v) is 8.42. The fourth-order valence-corrected chi connectivity index (χ4v) is 4.55. The SMILES string of the molecule is CC(C)COc1cn(-c2ccccc2)nc1C(=O)N1CC2CCCC2C1C(=O)O. The molecule has 1 aromatic heterocycles. The van der Waals surface area contributed by atoms with Crippen molar-refractivity contribution in [2.45, 2.75) is 39.2 Å². The van der Waals surface area contributed by atoms with E-state index in [1.807, 2.05) is 44.2 Å². The number of rotatable bonds is 6. The van der Waals surface area contributed by atoms with E-state index < -0.39 is 12.0 Å². The van der Waals surface area contributed by atoms with Crippen LogP contribution >= 0.6 is 0 Å². The summed E-state index contributed by atoms with van der Waals surface area (Å²) in [6, 6.07) is 8.72. The number of amides is 1. The third kappa shape index (κ3) is 3.73. The lowest BCUT2D eigenvalue weighted by Gasteiger charge is -2.24. The largest absolute Gasteiger partial charge is 0.489 e. The number of hydrogen-bond donors (Lipinski definition) is 1. The summed E-state index contributed by atoms with van der Waals surface area (Å²) in [5, 5.41) is 14.3. The van der Waals surface area contributed by atoms with Gasteiger partial charge in [-0.1, -0.05) is 38.5 Å². The summed E-state index contributed by atoms with van der Waals surface area (Å²) in [6.45, 7) is 4.99. The van der Waals surface area contributed by atoms with Gasteiger partial charge in [0.25, 0.3) is 5.91 Å². The zero-order chi connectivity index (χ0) is 20.5. The standard InChI is InChI=1S/C22H27N3O4/c1-14(2)13-29-18-12-25(16-8-4-3-5-9-16)23-19(18)21(26)24-11-15-7-6-10-17(15)20(24)22(27)28/h3-5,8-9,12,14-15,17,20H,6-7,10-11,13H2,1-2H3,(H,27,28). The summed E-state index contributed by atoms with van der Waals surface area (Å²) < 4.78 is 7.51. The number of hydrogen-bond acceptors (Lipinski definition) is 4. The Morgan fingerprint density at radius 3 is 2.69 bits per heavy atom. The average molecular weight is 397 g/mol. The van der Waals surface area contributed by atoms with Gasteiger partial charge in [0.15, 0.2) is 11.4 Å². The maximum atomic E-state index is 13.4. The highest BCUT2D eigenvalue weighted by Crippen LogP contribution is 2.43. The lowest BCUT2D eigenvalue weighted by molar-refractivity contribution is -0.142. The number of carbonyl (C=O) groups excluding carboxylic acids is 1.